The van der Waals surface area contributed by atoms with Gasteiger partial charge in [0.2, 0.25) is 70.9 Å². The van der Waals surface area contributed by atoms with E-state index in [0.717, 1.165) is 29.4 Å². The predicted octanol–water partition coefficient (Wildman–Crippen LogP) is 6.67. The van der Waals surface area contributed by atoms with Crippen LogP contribution >= 0.6 is 0 Å². The number of nitrogens with one attached hydrogen (secondary N) is 3. The fourth-order valence-electron chi connectivity index (χ4n) is 17.5. The van der Waals surface area contributed by atoms with Gasteiger partial charge in [-0.1, -0.05) is 72.5 Å². The van der Waals surface area contributed by atoms with E-state index < -0.39 is 255 Å². The van der Waals surface area contributed by atoms with Crippen LogP contribution in [-0.2, 0) is 57.5 Å². The van der Waals surface area contributed by atoms with Gasteiger partial charge >= 0.3 is 12.4 Å². The third kappa shape index (κ3) is 20.8. The average molecular weight is 1530 g/mol. The van der Waals surface area contributed by atoms with Crippen molar-refractivity contribution in [2.24, 2.45) is 40.9 Å². The van der Waals surface area contributed by atoms with Crippen molar-refractivity contribution in [3.05, 3.63) is 12.2 Å². The summed E-state index contributed by atoms with van der Waals surface area (Å²) in [4.78, 5) is 190. The van der Waals surface area contributed by atoms with Crippen molar-refractivity contribution in [1.82, 2.24) is 60.0 Å². The van der Waals surface area contributed by atoms with Gasteiger partial charge in [0, 0.05) is 69.3 Å². The van der Waals surface area contributed by atoms with Crippen molar-refractivity contribution in [2.75, 3.05) is 82.6 Å². The summed E-state index contributed by atoms with van der Waals surface area (Å²) in [5.41, 5.74) is -2.49. The number of hydrogen-bond acceptors (Lipinski definition) is 12. The minimum Gasteiger partial charge on any atom is -0.347 e. The molecule has 107 heavy (non-hydrogen) atoms. The summed E-state index contributed by atoms with van der Waals surface area (Å²) in [6.07, 6.45) is -15.8. The van der Waals surface area contributed by atoms with E-state index >= 15 is 41.9 Å². The Morgan fingerprint density at radius 1 is 0.626 bits per heavy atom. The SMILES string of the molecule is CCC[C@H]1C(=O)N[C@@H]([C@@H](C)CC)C(=O)N(C)CC(=O)N(C)[C@H]2C/C=C\CCN(C2=O)[C@@H](CC2CCC(C(F)(F)F)CC2)C(=O)N(C)CC(=O)N[C@@H](CCC2CC(F)C(C(F)(F)F)C(F)C2)C(=O)N2C[C@H](F)C[C@H]2C(=O)NC2(CC(C)(C)C2)C(=O)N(C)[C@@H](C2CCCC2)C(=O)N(C)[C@H](C(=O)N(C)C)CC(=O)N1C. The highest BCUT2D eigenvalue weighted by atomic mass is 19.4. The van der Waals surface area contributed by atoms with Gasteiger partial charge in [-0.05, 0) is 132 Å². The largest absolute Gasteiger partial charge is 0.397 e. The third-order valence-corrected chi connectivity index (χ3v) is 23.7. The molecule has 3 aliphatic heterocycles. The predicted molar refractivity (Wildman–Crippen MR) is 375 cm³/mol. The summed E-state index contributed by atoms with van der Waals surface area (Å²) in [5.74, 6) is -17.7. The third-order valence-electron chi connectivity index (χ3n) is 23.7. The molecule has 4 saturated carbocycles. The maximum atomic E-state index is 16.2. The Kier molecular flexibility index (Phi) is 29.3. The lowest BCUT2D eigenvalue weighted by Gasteiger charge is -2.54. The molecule has 604 valence electrons. The highest BCUT2D eigenvalue weighted by Crippen LogP contribution is 2.50. The number of amides is 12. The second-order valence-corrected chi connectivity index (χ2v) is 32.5. The highest BCUT2D eigenvalue weighted by Gasteiger charge is 2.60. The van der Waals surface area contributed by atoms with Gasteiger partial charge in [0.1, 0.15) is 78.3 Å². The molecule has 33 heteroatoms. The van der Waals surface area contributed by atoms with E-state index in [1.165, 1.54) is 71.1 Å². The zero-order valence-corrected chi connectivity index (χ0v) is 64.2. The summed E-state index contributed by atoms with van der Waals surface area (Å²) in [7, 11) is 10.7. The lowest BCUT2D eigenvalue weighted by molar-refractivity contribution is -0.219. The van der Waals surface area contributed by atoms with Crippen LogP contribution < -0.4 is 16.0 Å². The second-order valence-electron chi connectivity index (χ2n) is 32.5. The molecule has 3 N–H and O–H groups in total. The molecule has 2 unspecified atom stereocenters. The topological polar surface area (TPSA) is 270 Å². The molecule has 24 nitrogen and oxygen atoms in total. The number of alkyl halides is 9. The number of carbonyl (C=O) groups excluding carboxylic acids is 12. The Hall–Kier alpha value is -7.25. The van der Waals surface area contributed by atoms with Gasteiger partial charge in [-0.3, -0.25) is 57.5 Å². The zero-order chi connectivity index (χ0) is 79.9. The van der Waals surface area contributed by atoms with E-state index in [1.807, 2.05) is 13.8 Å². The van der Waals surface area contributed by atoms with Crippen molar-refractivity contribution in [2.45, 2.75) is 261 Å². The van der Waals surface area contributed by atoms with Gasteiger partial charge in [0.05, 0.1) is 32.0 Å². The molecule has 1 spiro atoms. The standard InChI is InChI=1S/C74H113F9N12O12/c1-14-21-51-62(99)85-60(42(3)15-2)68(105)89(9)39-58(98)91(11)52-24-17-16-20-31-94(67(52)104)55(34-43-25-28-46(29-26-43)73(78,79)80)66(103)88(8)38-56(96)84-50(30-27-44-32-48(76)59(49(77)33-44)74(81,82)83)64(101)95-37-47(75)35-53(95)63(100)86-72(40-71(4,5)41-72)70(107)93(13)61(45-22-18-19-23-45)69(106)92(12)54(65(102)87(6)7)36-57(97)90(51)10/h16-17,42-55,59-61H,14-15,18-41H2,1-13H3,(H,84,96)(H,85,99)(H,86,100)/b17-16-/t42-,43?,44?,46?,47+,48?,49?,50-,51-,52-,53-,54-,55-,59?,60-,61-/m0/s1. The van der Waals surface area contributed by atoms with Crippen LogP contribution in [0.3, 0.4) is 0 Å². The van der Waals surface area contributed by atoms with Gasteiger partial charge in [-0.2, -0.15) is 26.3 Å². The summed E-state index contributed by atoms with van der Waals surface area (Å²) in [6, 6.07) is -11.9. The van der Waals surface area contributed by atoms with E-state index in [-0.39, 0.29) is 70.8 Å². The van der Waals surface area contributed by atoms with Crippen LogP contribution in [0.4, 0.5) is 39.5 Å². The van der Waals surface area contributed by atoms with Gasteiger partial charge in [-0.25, -0.2) is 13.2 Å². The van der Waals surface area contributed by atoms with E-state index in [1.54, 1.807) is 32.9 Å². The summed E-state index contributed by atoms with van der Waals surface area (Å²) in [5, 5.41) is 8.17. The van der Waals surface area contributed by atoms with E-state index in [9.17, 15) is 55.1 Å². The number of fused-ring (bicyclic) bond motifs is 3. The summed E-state index contributed by atoms with van der Waals surface area (Å²) < 4.78 is 131. The van der Waals surface area contributed by atoms with Crippen molar-refractivity contribution in [3.8, 4) is 0 Å². The first-order valence-electron chi connectivity index (χ1n) is 37.9. The molecule has 6 fully saturated rings. The number of likely N-dealkylation sites (N-methyl/N-ethyl adjacent to an activating group) is 7. The molecule has 2 bridgehead atoms. The van der Waals surface area contributed by atoms with E-state index in [0.29, 0.717) is 38.5 Å². The van der Waals surface area contributed by atoms with Crippen molar-refractivity contribution in [1.29, 1.82) is 0 Å². The first kappa shape index (κ1) is 87.0. The van der Waals surface area contributed by atoms with Crippen LogP contribution in [0.2, 0.25) is 0 Å². The van der Waals surface area contributed by atoms with Gasteiger partial charge in [-0.15, -0.1) is 0 Å². The van der Waals surface area contributed by atoms with E-state index in [2.05, 4.69) is 16.0 Å². The lowest BCUT2D eigenvalue weighted by Crippen LogP contribution is -2.71. The van der Waals surface area contributed by atoms with Gasteiger partial charge < -0.3 is 60.0 Å². The normalized spacial score (nSPS) is 32.6. The monoisotopic (exact) mass is 1530 g/mol. The molecule has 7 rings (SSSR count). The Morgan fingerprint density at radius 2 is 1.23 bits per heavy atom. The number of hydrogen-bond donors (Lipinski definition) is 3. The smallest absolute Gasteiger partial charge is 0.347 e. The van der Waals surface area contributed by atoms with E-state index in [4.69, 9.17) is 0 Å². The Bertz CT molecular complexity index is 3240. The molecule has 0 aromatic heterocycles. The van der Waals surface area contributed by atoms with Crippen molar-refractivity contribution in [3.63, 3.8) is 0 Å². The van der Waals surface area contributed by atoms with Gasteiger partial charge in [0.25, 0.3) is 0 Å². The molecule has 7 aliphatic rings. The van der Waals surface area contributed by atoms with Crippen LogP contribution in [0.1, 0.15) is 176 Å². The maximum absolute atomic E-state index is 16.2. The quantitative estimate of drug-likeness (QED) is 0.145. The molecular formula is C74H113F9N12O12. The Morgan fingerprint density at radius 3 is 1.79 bits per heavy atom. The summed E-state index contributed by atoms with van der Waals surface area (Å²) in [6.45, 7) is 6.27. The van der Waals surface area contributed by atoms with Crippen LogP contribution in [0, 0.1) is 40.9 Å². The number of halogens is 9. The molecule has 4 aliphatic carbocycles. The molecule has 0 radical (unpaired) electrons. The molecule has 2 saturated heterocycles. The number of rotatable bonds is 11. The van der Waals surface area contributed by atoms with Crippen LogP contribution in [0.25, 0.3) is 0 Å². The molecule has 3 heterocycles. The molecule has 0 aromatic rings. The van der Waals surface area contributed by atoms with Crippen molar-refractivity contribution < 1.29 is 97.0 Å². The first-order valence-corrected chi connectivity index (χ1v) is 37.9. The van der Waals surface area contributed by atoms with Crippen LogP contribution in [0.15, 0.2) is 12.2 Å². The molecule has 0 aromatic carbocycles. The minimum absolute atomic E-state index is 0.0245. The van der Waals surface area contributed by atoms with Crippen molar-refractivity contribution >= 4 is 70.9 Å². The molecular weight excluding hydrogens is 1420 g/mol. The highest BCUT2D eigenvalue weighted by molar-refractivity contribution is 6.01. The Labute approximate surface area is 622 Å². The van der Waals surface area contributed by atoms with Crippen LogP contribution in [0.5, 0.6) is 0 Å². The van der Waals surface area contributed by atoms with Gasteiger partial charge in [0.15, 0.2) is 0 Å². The number of carbonyl (C=O) groups is 12. The maximum Gasteiger partial charge on any atom is 0.397 e. The fraction of sp³-hybridized carbons (Fsp3) is 0.811. The second kappa shape index (κ2) is 36.1. The first-order chi connectivity index (χ1) is 49.9. The average Bonchev–Trinajstić information content (AvgIpc) is 1.38. The number of nitrogens with zero attached hydrogens (tertiary/aromatic N) is 9. The molecule has 12 amide bonds. The Balaban J connectivity index is 1.32. The minimum atomic E-state index is -5.24. The lowest BCUT2D eigenvalue weighted by atomic mass is 9.58. The zero-order valence-electron chi connectivity index (χ0n) is 64.2. The molecule has 12 atom stereocenters. The fourth-order valence-corrected chi connectivity index (χ4v) is 17.5. The summed E-state index contributed by atoms with van der Waals surface area (Å²) >= 11 is 0. The van der Waals surface area contributed by atoms with Crippen LogP contribution in [-0.4, -0.2) is 282 Å².